The summed E-state index contributed by atoms with van der Waals surface area (Å²) in [5.41, 5.74) is 1.22. The minimum absolute atomic E-state index is 0.709. The first-order valence-corrected chi connectivity index (χ1v) is 2.96. The van der Waals surface area contributed by atoms with Gasteiger partial charge in [0.2, 0.25) is 0 Å². The van der Waals surface area contributed by atoms with Crippen LogP contribution in [0.2, 0.25) is 0 Å². The molecule has 46 valence electrons. The zero-order chi connectivity index (χ0) is 6.53. The number of hydrogen-bond donors (Lipinski definition) is 0. The van der Waals surface area contributed by atoms with Crippen molar-refractivity contribution in [3.05, 3.63) is 30.3 Å². The van der Waals surface area contributed by atoms with Gasteiger partial charge >= 0.3 is 7.48 Å². The normalized spacial score (nSPS) is 9.00. The Morgan fingerprint density at radius 1 is 1.22 bits per heavy atom. The molecule has 0 radical (unpaired) electrons. The fourth-order valence-corrected chi connectivity index (χ4v) is 0.741. The SMILES string of the molecule is COBc1ccccc1. The molecule has 0 bridgehead atoms. The van der Waals surface area contributed by atoms with E-state index in [1.165, 1.54) is 5.46 Å². The molecular weight excluding hydrogens is 111 g/mol. The first-order valence-electron chi connectivity index (χ1n) is 2.96. The minimum Gasteiger partial charge on any atom is -0.437 e. The van der Waals surface area contributed by atoms with Gasteiger partial charge in [0.1, 0.15) is 0 Å². The van der Waals surface area contributed by atoms with Gasteiger partial charge in [-0.2, -0.15) is 0 Å². The Bertz CT molecular complexity index is 162. The highest BCUT2D eigenvalue weighted by Crippen LogP contribution is 1.80. The molecule has 0 spiro atoms. The van der Waals surface area contributed by atoms with Crippen molar-refractivity contribution in [2.45, 2.75) is 0 Å². The molecule has 0 aliphatic carbocycles. The fraction of sp³-hybridized carbons (Fsp3) is 0.143. The quantitative estimate of drug-likeness (QED) is 0.510. The lowest BCUT2D eigenvalue weighted by Gasteiger charge is -1.92. The molecule has 0 saturated carbocycles. The molecule has 1 aromatic rings. The highest BCUT2D eigenvalue weighted by Gasteiger charge is 1.88. The summed E-state index contributed by atoms with van der Waals surface area (Å²) in [4.78, 5) is 0. The maximum absolute atomic E-state index is 4.93. The van der Waals surface area contributed by atoms with Crippen LogP contribution in [-0.2, 0) is 4.65 Å². The van der Waals surface area contributed by atoms with Crippen molar-refractivity contribution in [2.24, 2.45) is 0 Å². The largest absolute Gasteiger partial charge is 0.437 e. The van der Waals surface area contributed by atoms with Crippen molar-refractivity contribution in [3.8, 4) is 0 Å². The van der Waals surface area contributed by atoms with Crippen LogP contribution in [0.5, 0.6) is 0 Å². The Morgan fingerprint density at radius 2 is 1.89 bits per heavy atom. The zero-order valence-corrected chi connectivity index (χ0v) is 5.50. The van der Waals surface area contributed by atoms with Gasteiger partial charge in [-0.25, -0.2) is 0 Å². The van der Waals surface area contributed by atoms with Crippen LogP contribution in [0.3, 0.4) is 0 Å². The lowest BCUT2D eigenvalue weighted by Crippen LogP contribution is -2.14. The molecule has 0 aliphatic rings. The van der Waals surface area contributed by atoms with Crippen molar-refractivity contribution in [2.75, 3.05) is 7.11 Å². The summed E-state index contributed by atoms with van der Waals surface area (Å²) in [5.74, 6) is 0. The molecule has 0 heterocycles. The Hall–Kier alpha value is -0.755. The highest BCUT2D eigenvalue weighted by molar-refractivity contribution is 6.46. The molecular formula is C7H9BO. The fourth-order valence-electron chi connectivity index (χ4n) is 0.741. The van der Waals surface area contributed by atoms with Crippen molar-refractivity contribution in [1.29, 1.82) is 0 Å². The number of rotatable bonds is 2. The Labute approximate surface area is 55.9 Å². The van der Waals surface area contributed by atoms with Gasteiger partial charge in [-0.15, -0.1) is 0 Å². The van der Waals surface area contributed by atoms with Gasteiger partial charge in [0.15, 0.2) is 0 Å². The third-order valence-corrected chi connectivity index (χ3v) is 1.15. The molecule has 1 aromatic carbocycles. The summed E-state index contributed by atoms with van der Waals surface area (Å²) in [6, 6.07) is 10.1. The van der Waals surface area contributed by atoms with Crippen LogP contribution in [0.15, 0.2) is 30.3 Å². The summed E-state index contributed by atoms with van der Waals surface area (Å²) in [6.07, 6.45) is 0. The molecule has 1 rings (SSSR count). The number of hydrogen-bond acceptors (Lipinski definition) is 1. The predicted molar refractivity (Wildman–Crippen MR) is 40.2 cm³/mol. The van der Waals surface area contributed by atoms with Crippen LogP contribution >= 0.6 is 0 Å². The van der Waals surface area contributed by atoms with E-state index in [0.717, 1.165) is 0 Å². The maximum atomic E-state index is 4.93. The Balaban J connectivity index is 2.61. The summed E-state index contributed by atoms with van der Waals surface area (Å²) >= 11 is 0. The van der Waals surface area contributed by atoms with Crippen LogP contribution in [0.4, 0.5) is 0 Å². The lowest BCUT2D eigenvalue weighted by molar-refractivity contribution is 0.450. The second-order valence-electron chi connectivity index (χ2n) is 1.92. The molecule has 0 fully saturated rings. The van der Waals surface area contributed by atoms with Gasteiger partial charge in [0.05, 0.1) is 0 Å². The van der Waals surface area contributed by atoms with Crippen LogP contribution in [-0.4, -0.2) is 14.6 Å². The lowest BCUT2D eigenvalue weighted by atomic mass is 9.89. The third kappa shape index (κ3) is 1.90. The number of benzene rings is 1. The summed E-state index contributed by atoms with van der Waals surface area (Å²) < 4.78 is 4.93. The minimum atomic E-state index is 0.709. The molecule has 0 saturated heterocycles. The van der Waals surface area contributed by atoms with E-state index in [1.54, 1.807) is 7.11 Å². The van der Waals surface area contributed by atoms with Gasteiger partial charge in [-0.1, -0.05) is 35.8 Å². The van der Waals surface area contributed by atoms with Crippen molar-refractivity contribution in [1.82, 2.24) is 0 Å². The second-order valence-corrected chi connectivity index (χ2v) is 1.92. The second kappa shape index (κ2) is 3.31. The monoisotopic (exact) mass is 120 g/mol. The molecule has 9 heavy (non-hydrogen) atoms. The van der Waals surface area contributed by atoms with Gasteiger partial charge in [0, 0.05) is 7.11 Å². The first kappa shape index (κ1) is 6.37. The van der Waals surface area contributed by atoms with Crippen LogP contribution in [0.25, 0.3) is 0 Å². The molecule has 2 heteroatoms. The van der Waals surface area contributed by atoms with Gasteiger partial charge in [0.25, 0.3) is 0 Å². The van der Waals surface area contributed by atoms with E-state index < -0.39 is 0 Å². The first-order chi connectivity index (χ1) is 4.43. The van der Waals surface area contributed by atoms with Gasteiger partial charge < -0.3 is 4.65 Å². The van der Waals surface area contributed by atoms with Gasteiger partial charge in [-0.3, -0.25) is 0 Å². The van der Waals surface area contributed by atoms with E-state index in [2.05, 4.69) is 0 Å². The molecule has 1 nitrogen and oxygen atoms in total. The van der Waals surface area contributed by atoms with Crippen LogP contribution in [0, 0.1) is 0 Å². The summed E-state index contributed by atoms with van der Waals surface area (Å²) in [7, 11) is 2.41. The van der Waals surface area contributed by atoms with Crippen LogP contribution < -0.4 is 5.46 Å². The molecule has 0 aliphatic heterocycles. The summed E-state index contributed by atoms with van der Waals surface area (Å²) in [6.45, 7) is 0. The van der Waals surface area contributed by atoms with Crippen LogP contribution in [0.1, 0.15) is 0 Å². The van der Waals surface area contributed by atoms with E-state index >= 15 is 0 Å². The summed E-state index contributed by atoms with van der Waals surface area (Å²) in [5, 5.41) is 0. The molecule has 0 unspecified atom stereocenters. The third-order valence-electron chi connectivity index (χ3n) is 1.15. The van der Waals surface area contributed by atoms with E-state index in [4.69, 9.17) is 4.65 Å². The highest BCUT2D eigenvalue weighted by atomic mass is 16.4. The topological polar surface area (TPSA) is 9.23 Å². The average molecular weight is 120 g/mol. The van der Waals surface area contributed by atoms with Crippen molar-refractivity contribution in [3.63, 3.8) is 0 Å². The average Bonchev–Trinajstić information content (AvgIpc) is 1.91. The van der Waals surface area contributed by atoms with E-state index in [9.17, 15) is 0 Å². The standard InChI is InChI=1S/C7H9BO/c1-9-8-7-5-3-2-4-6-7/h2-6,8H,1H3. The Kier molecular flexibility index (Phi) is 2.34. The van der Waals surface area contributed by atoms with E-state index in [-0.39, 0.29) is 0 Å². The van der Waals surface area contributed by atoms with Gasteiger partial charge in [-0.05, 0) is 0 Å². The zero-order valence-electron chi connectivity index (χ0n) is 5.50. The maximum Gasteiger partial charge on any atom is 0.308 e. The predicted octanol–water partition coefficient (Wildman–Crippen LogP) is 0.310. The van der Waals surface area contributed by atoms with E-state index in [0.29, 0.717) is 7.48 Å². The molecule has 0 aromatic heterocycles. The molecule has 0 atom stereocenters. The Morgan fingerprint density at radius 3 is 2.44 bits per heavy atom. The van der Waals surface area contributed by atoms with E-state index in [1.807, 2.05) is 30.3 Å². The van der Waals surface area contributed by atoms with Crippen molar-refractivity contribution >= 4 is 12.9 Å². The van der Waals surface area contributed by atoms with Crippen molar-refractivity contribution < 1.29 is 4.65 Å². The smallest absolute Gasteiger partial charge is 0.308 e. The molecule has 0 amide bonds. The molecule has 0 N–H and O–H groups in total.